The molecular weight excluding hydrogens is 426 g/mol. The number of imidazole rings is 1. The zero-order valence-corrected chi connectivity index (χ0v) is 17.6. The number of ether oxygens (including phenoxy) is 1. The first kappa shape index (κ1) is 20.8. The molecule has 33 heavy (non-hydrogen) atoms. The van der Waals surface area contributed by atoms with E-state index >= 15 is 0 Å². The number of carbonyl (C=O) groups is 1. The standard InChI is InChI=1S/C25H18F2N4O2/c1-33-13-23(32)24-18(26)10-17(11-19(24)27)21-6-7-22-25(30-21)31(14-29-22)12-15-4-5-20-16(9-15)3-2-8-28-20/h2-11,14H,12-13H2,1H3. The largest absolute Gasteiger partial charge is 0.377 e. The van der Waals surface area contributed by atoms with Crippen molar-refractivity contribution in [3.8, 4) is 11.3 Å². The molecule has 0 amide bonds. The molecule has 2 aromatic carbocycles. The van der Waals surface area contributed by atoms with E-state index in [4.69, 9.17) is 4.74 Å². The normalized spacial score (nSPS) is 11.4. The number of methoxy groups -OCH3 is 1. The van der Waals surface area contributed by atoms with Gasteiger partial charge in [-0.2, -0.15) is 0 Å². The third-order valence-corrected chi connectivity index (χ3v) is 5.38. The Labute approximate surface area is 187 Å². The predicted octanol–water partition coefficient (Wildman–Crippen LogP) is 4.80. The summed E-state index contributed by atoms with van der Waals surface area (Å²) < 4.78 is 35.7. The average Bonchev–Trinajstić information content (AvgIpc) is 3.20. The molecule has 0 atom stereocenters. The number of ketones is 1. The molecule has 0 aliphatic carbocycles. The summed E-state index contributed by atoms with van der Waals surface area (Å²) in [6.07, 6.45) is 3.44. The van der Waals surface area contributed by atoms with Crippen LogP contribution in [0.5, 0.6) is 0 Å². The van der Waals surface area contributed by atoms with E-state index in [1.165, 1.54) is 7.11 Å². The average molecular weight is 444 g/mol. The predicted molar refractivity (Wildman–Crippen MR) is 120 cm³/mol. The van der Waals surface area contributed by atoms with Crippen molar-refractivity contribution in [2.45, 2.75) is 6.54 Å². The molecule has 0 N–H and O–H groups in total. The number of carbonyl (C=O) groups excluding carboxylic acids is 1. The van der Waals surface area contributed by atoms with E-state index < -0.39 is 29.6 Å². The van der Waals surface area contributed by atoms with Crippen LogP contribution in [0.3, 0.4) is 0 Å². The zero-order chi connectivity index (χ0) is 22.9. The van der Waals surface area contributed by atoms with Crippen LogP contribution in [0.25, 0.3) is 33.3 Å². The third kappa shape index (κ3) is 3.96. The number of benzene rings is 2. The van der Waals surface area contributed by atoms with Gasteiger partial charge in [-0.3, -0.25) is 9.78 Å². The van der Waals surface area contributed by atoms with Crippen molar-refractivity contribution in [1.82, 2.24) is 19.5 Å². The van der Waals surface area contributed by atoms with E-state index in [1.54, 1.807) is 24.7 Å². The fourth-order valence-electron chi connectivity index (χ4n) is 3.83. The lowest BCUT2D eigenvalue weighted by molar-refractivity contribution is 0.0839. The van der Waals surface area contributed by atoms with Crippen LogP contribution in [-0.4, -0.2) is 39.0 Å². The Bertz CT molecular complexity index is 1490. The molecule has 0 bridgehead atoms. The quantitative estimate of drug-likeness (QED) is 0.352. The molecule has 0 aliphatic rings. The van der Waals surface area contributed by atoms with Crippen molar-refractivity contribution in [3.05, 3.63) is 89.9 Å². The number of rotatable bonds is 6. The highest BCUT2D eigenvalue weighted by Gasteiger charge is 2.20. The van der Waals surface area contributed by atoms with E-state index in [9.17, 15) is 13.6 Å². The highest BCUT2D eigenvalue weighted by molar-refractivity contribution is 5.98. The van der Waals surface area contributed by atoms with Gasteiger partial charge in [-0.25, -0.2) is 18.7 Å². The van der Waals surface area contributed by atoms with Crippen molar-refractivity contribution in [2.75, 3.05) is 13.7 Å². The highest BCUT2D eigenvalue weighted by atomic mass is 19.1. The fraction of sp³-hybridized carbons (Fsp3) is 0.120. The van der Waals surface area contributed by atoms with E-state index in [0.29, 0.717) is 23.4 Å². The molecule has 3 aromatic heterocycles. The summed E-state index contributed by atoms with van der Waals surface area (Å²) in [5.74, 6) is -2.66. The summed E-state index contributed by atoms with van der Waals surface area (Å²) in [6.45, 7) is 0.117. The molecule has 6 nitrogen and oxygen atoms in total. The molecule has 0 unspecified atom stereocenters. The topological polar surface area (TPSA) is 69.9 Å². The fourth-order valence-corrected chi connectivity index (χ4v) is 3.83. The third-order valence-electron chi connectivity index (χ3n) is 5.38. The number of hydrogen-bond donors (Lipinski definition) is 0. The summed E-state index contributed by atoms with van der Waals surface area (Å²) in [6, 6.07) is 15.5. The van der Waals surface area contributed by atoms with Gasteiger partial charge in [0.05, 0.1) is 29.6 Å². The summed E-state index contributed by atoms with van der Waals surface area (Å²) in [5, 5.41) is 1.03. The summed E-state index contributed by atoms with van der Waals surface area (Å²) in [7, 11) is 1.29. The number of hydrogen-bond acceptors (Lipinski definition) is 5. The van der Waals surface area contributed by atoms with Crippen LogP contribution in [0.15, 0.2) is 67.1 Å². The maximum atomic E-state index is 14.6. The lowest BCUT2D eigenvalue weighted by Crippen LogP contribution is -2.12. The molecule has 164 valence electrons. The lowest BCUT2D eigenvalue weighted by atomic mass is 10.0. The van der Waals surface area contributed by atoms with Gasteiger partial charge < -0.3 is 9.30 Å². The van der Waals surface area contributed by atoms with E-state index in [2.05, 4.69) is 21.0 Å². The summed E-state index contributed by atoms with van der Waals surface area (Å²) >= 11 is 0. The highest BCUT2D eigenvalue weighted by Crippen LogP contribution is 2.26. The van der Waals surface area contributed by atoms with Crippen LogP contribution in [0, 0.1) is 11.6 Å². The van der Waals surface area contributed by atoms with Crippen LogP contribution < -0.4 is 0 Å². The second-order valence-corrected chi connectivity index (χ2v) is 7.61. The maximum Gasteiger partial charge on any atom is 0.194 e. The first-order valence-corrected chi connectivity index (χ1v) is 10.2. The van der Waals surface area contributed by atoms with E-state index in [0.717, 1.165) is 28.6 Å². The molecule has 0 aliphatic heterocycles. The smallest absolute Gasteiger partial charge is 0.194 e. The van der Waals surface area contributed by atoms with Gasteiger partial charge >= 0.3 is 0 Å². The molecule has 0 saturated heterocycles. The Morgan fingerprint density at radius 3 is 2.58 bits per heavy atom. The molecule has 0 spiro atoms. The molecule has 3 heterocycles. The number of nitrogens with zero attached hydrogens (tertiary/aromatic N) is 4. The van der Waals surface area contributed by atoms with Crippen LogP contribution in [-0.2, 0) is 11.3 Å². The second kappa shape index (κ2) is 8.48. The summed E-state index contributed by atoms with van der Waals surface area (Å²) in [5.41, 5.74) is 3.18. The van der Waals surface area contributed by atoms with Gasteiger partial charge in [0.25, 0.3) is 0 Å². The van der Waals surface area contributed by atoms with Crippen LogP contribution in [0.2, 0.25) is 0 Å². The Hall–Kier alpha value is -4.04. The number of aromatic nitrogens is 4. The monoisotopic (exact) mass is 444 g/mol. The van der Waals surface area contributed by atoms with Gasteiger partial charge in [0.2, 0.25) is 0 Å². The first-order valence-electron chi connectivity index (χ1n) is 10.2. The van der Waals surface area contributed by atoms with Gasteiger partial charge in [0.1, 0.15) is 23.8 Å². The SMILES string of the molecule is COCC(=O)c1c(F)cc(-c2ccc3ncn(Cc4ccc5ncccc5c4)c3n2)cc1F. The first-order chi connectivity index (χ1) is 16.0. The molecule has 0 fully saturated rings. The van der Waals surface area contributed by atoms with Crippen molar-refractivity contribution < 1.29 is 18.3 Å². The van der Waals surface area contributed by atoms with Crippen LogP contribution in [0.1, 0.15) is 15.9 Å². The molecule has 5 rings (SSSR count). The molecule has 8 heteroatoms. The Morgan fingerprint density at radius 2 is 1.79 bits per heavy atom. The number of fused-ring (bicyclic) bond motifs is 2. The van der Waals surface area contributed by atoms with Gasteiger partial charge in [0, 0.05) is 24.3 Å². The van der Waals surface area contributed by atoms with Gasteiger partial charge in [-0.1, -0.05) is 12.1 Å². The minimum atomic E-state index is -0.952. The van der Waals surface area contributed by atoms with Crippen LogP contribution in [0.4, 0.5) is 8.78 Å². The number of Topliss-reactive ketones (excluding diaryl/α,β-unsaturated/α-hetero) is 1. The second-order valence-electron chi connectivity index (χ2n) is 7.61. The van der Waals surface area contributed by atoms with Crippen molar-refractivity contribution >= 4 is 27.9 Å². The summed E-state index contributed by atoms with van der Waals surface area (Å²) in [4.78, 5) is 25.3. The van der Waals surface area contributed by atoms with Crippen LogP contribution >= 0.6 is 0 Å². The maximum absolute atomic E-state index is 14.6. The lowest BCUT2D eigenvalue weighted by Gasteiger charge is -2.09. The molecule has 5 aromatic rings. The molecule has 0 saturated carbocycles. The van der Waals surface area contributed by atoms with E-state index in [-0.39, 0.29) is 5.56 Å². The molecule has 0 radical (unpaired) electrons. The van der Waals surface area contributed by atoms with Gasteiger partial charge in [-0.05, 0) is 48.0 Å². The zero-order valence-electron chi connectivity index (χ0n) is 17.6. The number of pyridine rings is 2. The Morgan fingerprint density at radius 1 is 1.00 bits per heavy atom. The Kier molecular flexibility index (Phi) is 5.35. The van der Waals surface area contributed by atoms with Gasteiger partial charge in [-0.15, -0.1) is 0 Å². The van der Waals surface area contributed by atoms with Gasteiger partial charge in [0.15, 0.2) is 11.4 Å². The van der Waals surface area contributed by atoms with Crippen molar-refractivity contribution in [1.29, 1.82) is 0 Å². The molecular formula is C25H18F2N4O2. The minimum absolute atomic E-state index is 0.227. The van der Waals surface area contributed by atoms with Crippen molar-refractivity contribution in [3.63, 3.8) is 0 Å². The van der Waals surface area contributed by atoms with Crippen molar-refractivity contribution in [2.24, 2.45) is 0 Å². The Balaban J connectivity index is 1.51. The minimum Gasteiger partial charge on any atom is -0.377 e. The van der Waals surface area contributed by atoms with E-state index in [1.807, 2.05) is 28.8 Å². The number of halogens is 2.